The molecule has 7 heteroatoms. The molecule has 0 atom stereocenters. The van der Waals surface area contributed by atoms with Gasteiger partial charge in [-0.2, -0.15) is 5.11 Å². The Morgan fingerprint density at radius 3 is 1.78 bits per heavy atom. The molecule has 2 aromatic rings. The van der Waals surface area contributed by atoms with E-state index >= 15 is 0 Å². The molecular formula is C34H50N2O5. The van der Waals surface area contributed by atoms with Crippen molar-refractivity contribution in [2.24, 2.45) is 10.2 Å². The van der Waals surface area contributed by atoms with Gasteiger partial charge in [-0.05, 0) is 68.5 Å². The molecule has 0 saturated carbocycles. The van der Waals surface area contributed by atoms with Gasteiger partial charge in [0, 0.05) is 12.1 Å². The number of phenols is 1. The number of unbranched alkanes of at least 4 members (excludes halogenated alkanes) is 13. The van der Waals surface area contributed by atoms with Crippen LogP contribution < -0.4 is 9.47 Å². The van der Waals surface area contributed by atoms with E-state index in [2.05, 4.69) is 23.7 Å². The van der Waals surface area contributed by atoms with Crippen molar-refractivity contribution in [3.63, 3.8) is 0 Å². The molecule has 41 heavy (non-hydrogen) atoms. The molecule has 0 aliphatic rings. The third-order valence-electron chi connectivity index (χ3n) is 6.79. The van der Waals surface area contributed by atoms with E-state index in [0.717, 1.165) is 44.5 Å². The van der Waals surface area contributed by atoms with Gasteiger partial charge in [0.05, 0.1) is 25.5 Å². The molecule has 0 spiro atoms. The van der Waals surface area contributed by atoms with E-state index < -0.39 is 0 Å². The topological polar surface area (TPSA) is 89.7 Å². The van der Waals surface area contributed by atoms with Crippen LogP contribution in [-0.2, 0) is 9.53 Å². The van der Waals surface area contributed by atoms with Crippen LogP contribution in [0.2, 0.25) is 0 Å². The summed E-state index contributed by atoms with van der Waals surface area (Å²) in [6.07, 6.45) is 19.3. The minimum atomic E-state index is -0.385. The van der Waals surface area contributed by atoms with Crippen LogP contribution in [0.3, 0.4) is 0 Å². The van der Waals surface area contributed by atoms with E-state index in [9.17, 15) is 9.90 Å². The summed E-state index contributed by atoms with van der Waals surface area (Å²) in [5, 5.41) is 18.7. The summed E-state index contributed by atoms with van der Waals surface area (Å²) in [5.41, 5.74) is 1.06. The van der Waals surface area contributed by atoms with Crippen LogP contribution in [-0.4, -0.2) is 30.9 Å². The average Bonchev–Trinajstić information content (AvgIpc) is 2.99. The molecule has 0 aromatic heterocycles. The zero-order chi connectivity index (χ0) is 29.4. The number of phenolic OH excluding ortho intramolecular Hbond substituents is 1. The number of ether oxygens (including phenoxy) is 3. The number of esters is 1. The molecule has 0 unspecified atom stereocenters. The lowest BCUT2D eigenvalue weighted by Gasteiger charge is -2.08. The first-order chi connectivity index (χ1) is 20.1. The molecule has 0 heterocycles. The lowest BCUT2D eigenvalue weighted by Crippen LogP contribution is -2.02. The molecule has 0 fully saturated rings. The van der Waals surface area contributed by atoms with E-state index in [1.165, 1.54) is 70.3 Å². The quantitative estimate of drug-likeness (QED) is 0.0591. The summed E-state index contributed by atoms with van der Waals surface area (Å²) >= 11 is 0. The predicted molar refractivity (Wildman–Crippen MR) is 166 cm³/mol. The van der Waals surface area contributed by atoms with Crippen molar-refractivity contribution < 1.29 is 24.1 Å². The van der Waals surface area contributed by atoms with Gasteiger partial charge in [0.25, 0.3) is 0 Å². The number of hydrogen-bond acceptors (Lipinski definition) is 7. The lowest BCUT2D eigenvalue weighted by atomic mass is 10.1. The van der Waals surface area contributed by atoms with Crippen LogP contribution in [0, 0.1) is 0 Å². The Morgan fingerprint density at radius 2 is 1.22 bits per heavy atom. The van der Waals surface area contributed by atoms with Crippen LogP contribution in [0.4, 0.5) is 11.4 Å². The van der Waals surface area contributed by atoms with Gasteiger partial charge in [0.15, 0.2) is 0 Å². The Labute approximate surface area is 247 Å². The highest BCUT2D eigenvalue weighted by molar-refractivity contribution is 5.81. The Hall–Kier alpha value is -3.35. The summed E-state index contributed by atoms with van der Waals surface area (Å²) in [7, 11) is 0. The first kappa shape index (κ1) is 33.9. The summed E-state index contributed by atoms with van der Waals surface area (Å²) in [6, 6.07) is 12.5. The fourth-order valence-electron chi connectivity index (χ4n) is 4.33. The average molecular weight is 567 g/mol. The summed E-state index contributed by atoms with van der Waals surface area (Å²) < 4.78 is 16.5. The molecule has 1 N–H and O–H groups in total. The number of nitrogens with zero attached hydrogens (tertiary/aromatic N) is 2. The maximum Gasteiger partial charge on any atom is 0.330 e. The monoisotopic (exact) mass is 566 g/mol. The fraction of sp³-hybridized carbons (Fsp3) is 0.559. The third-order valence-corrected chi connectivity index (χ3v) is 6.79. The van der Waals surface area contributed by atoms with E-state index in [-0.39, 0.29) is 11.7 Å². The molecule has 0 saturated heterocycles. The standard InChI is InChI=1S/C34H50N2O5/c1-3-5-6-7-8-9-10-11-12-13-16-25-39-30-21-19-29(20-22-30)35-36-32-24-23-31(28-33(32)37)40-26-17-14-15-18-27-41-34(38)4-2/h4,19-24,28,37H,2-3,5-18,25-27H2,1H3. The van der Waals surface area contributed by atoms with Gasteiger partial charge in [0.2, 0.25) is 0 Å². The Kier molecular flexibility index (Phi) is 18.5. The van der Waals surface area contributed by atoms with Crippen LogP contribution in [0.25, 0.3) is 0 Å². The van der Waals surface area contributed by atoms with Crippen LogP contribution in [0.5, 0.6) is 17.2 Å². The van der Waals surface area contributed by atoms with Gasteiger partial charge < -0.3 is 19.3 Å². The number of carbonyl (C=O) groups excluding carboxylic acids is 1. The van der Waals surface area contributed by atoms with Crippen LogP contribution >= 0.6 is 0 Å². The fourth-order valence-corrected chi connectivity index (χ4v) is 4.33. The second-order valence-corrected chi connectivity index (χ2v) is 10.4. The van der Waals surface area contributed by atoms with Crippen molar-refractivity contribution in [2.75, 3.05) is 19.8 Å². The molecule has 0 amide bonds. The van der Waals surface area contributed by atoms with Gasteiger partial charge in [-0.25, -0.2) is 4.79 Å². The number of carbonyl (C=O) groups is 1. The van der Waals surface area contributed by atoms with Gasteiger partial charge in [-0.1, -0.05) is 77.7 Å². The highest BCUT2D eigenvalue weighted by atomic mass is 16.5. The van der Waals surface area contributed by atoms with Crippen LogP contribution in [0.15, 0.2) is 65.3 Å². The van der Waals surface area contributed by atoms with Crippen molar-refractivity contribution in [3.05, 3.63) is 55.1 Å². The van der Waals surface area contributed by atoms with Crippen molar-refractivity contribution in [1.82, 2.24) is 0 Å². The largest absolute Gasteiger partial charge is 0.505 e. The minimum absolute atomic E-state index is 0.0159. The normalized spacial score (nSPS) is 11.0. The Bertz CT molecular complexity index is 1010. The number of benzene rings is 2. The van der Waals surface area contributed by atoms with Crippen molar-refractivity contribution in [2.45, 2.75) is 103 Å². The van der Waals surface area contributed by atoms with Gasteiger partial charge in [-0.15, -0.1) is 5.11 Å². The SMILES string of the molecule is C=CC(=O)OCCCCCCOc1ccc(N=Nc2ccc(OCCCCCCCCCCCCC)cc2)c(O)c1. The zero-order valence-corrected chi connectivity index (χ0v) is 25.0. The summed E-state index contributed by atoms with van der Waals surface area (Å²) in [5.74, 6) is 1.04. The first-order valence-electron chi connectivity index (χ1n) is 15.5. The van der Waals surface area contributed by atoms with E-state index in [0.29, 0.717) is 30.3 Å². The number of aromatic hydroxyl groups is 1. The van der Waals surface area contributed by atoms with Crippen LogP contribution in [0.1, 0.15) is 103 Å². The molecule has 2 aromatic carbocycles. The van der Waals surface area contributed by atoms with Crippen molar-refractivity contribution in [1.29, 1.82) is 0 Å². The Morgan fingerprint density at radius 1 is 0.707 bits per heavy atom. The highest BCUT2D eigenvalue weighted by Gasteiger charge is 2.04. The summed E-state index contributed by atoms with van der Waals surface area (Å²) in [6.45, 7) is 7.31. The molecule has 0 aliphatic carbocycles. The molecular weight excluding hydrogens is 516 g/mol. The molecule has 0 aliphatic heterocycles. The Balaban J connectivity index is 1.57. The molecule has 2 rings (SSSR count). The van der Waals surface area contributed by atoms with E-state index in [1.807, 2.05) is 24.3 Å². The molecule has 226 valence electrons. The summed E-state index contributed by atoms with van der Waals surface area (Å²) in [4.78, 5) is 11.0. The number of azo groups is 1. The first-order valence-corrected chi connectivity index (χ1v) is 15.5. The number of rotatable bonds is 24. The lowest BCUT2D eigenvalue weighted by molar-refractivity contribution is -0.137. The van der Waals surface area contributed by atoms with E-state index in [1.54, 1.807) is 18.2 Å². The molecule has 7 nitrogen and oxygen atoms in total. The van der Waals surface area contributed by atoms with Gasteiger partial charge >= 0.3 is 5.97 Å². The maximum absolute atomic E-state index is 11.0. The highest BCUT2D eigenvalue weighted by Crippen LogP contribution is 2.32. The third kappa shape index (κ3) is 16.5. The van der Waals surface area contributed by atoms with Gasteiger partial charge in [0.1, 0.15) is 22.9 Å². The van der Waals surface area contributed by atoms with Gasteiger partial charge in [-0.3, -0.25) is 0 Å². The molecule has 0 radical (unpaired) electrons. The second kappa shape index (κ2) is 22.4. The zero-order valence-electron chi connectivity index (χ0n) is 25.0. The van der Waals surface area contributed by atoms with Crippen molar-refractivity contribution in [3.8, 4) is 17.2 Å². The molecule has 0 bridgehead atoms. The minimum Gasteiger partial charge on any atom is -0.505 e. The number of hydrogen-bond donors (Lipinski definition) is 1. The predicted octanol–water partition coefficient (Wildman–Crippen LogP) is 10.2. The second-order valence-electron chi connectivity index (χ2n) is 10.4. The smallest absolute Gasteiger partial charge is 0.330 e. The van der Waals surface area contributed by atoms with Crippen molar-refractivity contribution >= 4 is 17.3 Å². The van der Waals surface area contributed by atoms with E-state index in [4.69, 9.17) is 14.2 Å². The maximum atomic E-state index is 11.0.